The Hall–Kier alpha value is -0.850. The lowest BCUT2D eigenvalue weighted by Gasteiger charge is -2.15. The highest BCUT2D eigenvalue weighted by molar-refractivity contribution is 5.25. The summed E-state index contributed by atoms with van der Waals surface area (Å²) in [6, 6.07) is 2.28. The summed E-state index contributed by atoms with van der Waals surface area (Å²) in [5.41, 5.74) is 3.98. The predicted molar refractivity (Wildman–Crippen MR) is 75.5 cm³/mol. The number of pyridine rings is 1. The Morgan fingerprint density at radius 1 is 1.06 bits per heavy atom. The Morgan fingerprint density at radius 2 is 1.82 bits per heavy atom. The topological polar surface area (TPSA) is 12.9 Å². The van der Waals surface area contributed by atoms with Gasteiger partial charge in [-0.05, 0) is 43.9 Å². The van der Waals surface area contributed by atoms with Crippen molar-refractivity contribution in [2.45, 2.75) is 72.1 Å². The summed E-state index contributed by atoms with van der Waals surface area (Å²) in [5.74, 6) is 0.658. The Kier molecular flexibility index (Phi) is 6.25. The smallest absolute Gasteiger partial charge is 0.0437 e. The van der Waals surface area contributed by atoms with E-state index in [1.807, 2.05) is 6.20 Å². The third kappa shape index (κ3) is 4.49. The van der Waals surface area contributed by atoms with E-state index in [-0.39, 0.29) is 0 Å². The van der Waals surface area contributed by atoms with E-state index < -0.39 is 0 Å². The van der Waals surface area contributed by atoms with Gasteiger partial charge in [0.15, 0.2) is 0 Å². The van der Waals surface area contributed by atoms with E-state index in [1.54, 1.807) is 0 Å². The molecule has 0 N–H and O–H groups in total. The molecule has 0 bridgehead atoms. The van der Waals surface area contributed by atoms with Gasteiger partial charge in [0.1, 0.15) is 0 Å². The first-order valence-corrected chi connectivity index (χ1v) is 7.12. The number of rotatable bonds is 7. The molecule has 0 radical (unpaired) electrons. The minimum atomic E-state index is 0.658. The molecule has 0 aromatic carbocycles. The second-order valence-electron chi connectivity index (χ2n) is 5.15. The van der Waals surface area contributed by atoms with Gasteiger partial charge in [0.05, 0.1) is 0 Å². The monoisotopic (exact) mass is 233 g/mol. The maximum absolute atomic E-state index is 4.61. The third-order valence-corrected chi connectivity index (χ3v) is 3.71. The molecule has 1 aromatic heterocycles. The van der Waals surface area contributed by atoms with Crippen LogP contribution in [0.25, 0.3) is 0 Å². The Morgan fingerprint density at radius 3 is 2.41 bits per heavy atom. The van der Waals surface area contributed by atoms with Gasteiger partial charge in [-0.1, -0.05) is 39.5 Å². The van der Waals surface area contributed by atoms with E-state index in [9.17, 15) is 0 Å². The Balaban J connectivity index is 2.56. The van der Waals surface area contributed by atoms with Crippen molar-refractivity contribution in [1.29, 1.82) is 0 Å². The summed E-state index contributed by atoms with van der Waals surface area (Å²) in [4.78, 5) is 4.61. The Labute approximate surface area is 107 Å². The van der Waals surface area contributed by atoms with E-state index in [0.29, 0.717) is 5.92 Å². The number of unbranched alkanes of at least 4 members (excludes halogenated alkanes) is 3. The molecule has 0 saturated carbocycles. The molecule has 1 aromatic rings. The van der Waals surface area contributed by atoms with E-state index in [0.717, 1.165) is 0 Å². The van der Waals surface area contributed by atoms with Crippen molar-refractivity contribution >= 4 is 0 Å². The van der Waals surface area contributed by atoms with Gasteiger partial charge >= 0.3 is 0 Å². The highest BCUT2D eigenvalue weighted by Gasteiger charge is 2.11. The maximum atomic E-state index is 4.61. The molecule has 0 amide bonds. The molecule has 17 heavy (non-hydrogen) atoms. The quantitative estimate of drug-likeness (QED) is 0.593. The molecule has 96 valence electrons. The maximum Gasteiger partial charge on any atom is 0.0437 e. The zero-order chi connectivity index (χ0) is 12.7. The molecule has 1 rings (SSSR count). The lowest BCUT2D eigenvalue weighted by Crippen LogP contribution is -2.02. The second-order valence-corrected chi connectivity index (χ2v) is 5.15. The van der Waals surface area contributed by atoms with Crippen LogP contribution in [0.1, 0.15) is 75.1 Å². The average molecular weight is 233 g/mol. The second kappa shape index (κ2) is 7.47. The summed E-state index contributed by atoms with van der Waals surface area (Å²) in [7, 11) is 0. The third-order valence-electron chi connectivity index (χ3n) is 3.71. The highest BCUT2D eigenvalue weighted by atomic mass is 14.7. The van der Waals surface area contributed by atoms with Gasteiger partial charge in [-0.15, -0.1) is 0 Å². The molecule has 1 atom stereocenters. The van der Waals surface area contributed by atoms with Gasteiger partial charge in [-0.2, -0.15) is 0 Å². The normalized spacial score (nSPS) is 12.7. The van der Waals surface area contributed by atoms with Crippen LogP contribution in [-0.2, 0) is 0 Å². The van der Waals surface area contributed by atoms with Crippen molar-refractivity contribution in [2.75, 3.05) is 0 Å². The van der Waals surface area contributed by atoms with Crippen LogP contribution in [0, 0.1) is 13.8 Å². The first-order valence-electron chi connectivity index (χ1n) is 7.12. The van der Waals surface area contributed by atoms with Crippen molar-refractivity contribution in [1.82, 2.24) is 4.98 Å². The first kappa shape index (κ1) is 14.2. The van der Waals surface area contributed by atoms with Gasteiger partial charge in [0, 0.05) is 17.8 Å². The van der Waals surface area contributed by atoms with E-state index in [1.165, 1.54) is 55.3 Å². The highest BCUT2D eigenvalue weighted by Crippen LogP contribution is 2.25. The molecule has 1 heteroatoms. The van der Waals surface area contributed by atoms with Gasteiger partial charge in [0.2, 0.25) is 0 Å². The number of hydrogen-bond acceptors (Lipinski definition) is 1. The summed E-state index contributed by atoms with van der Waals surface area (Å²) >= 11 is 0. The molecule has 0 aliphatic heterocycles. The summed E-state index contributed by atoms with van der Waals surface area (Å²) in [5, 5.41) is 0. The lowest BCUT2D eigenvalue weighted by molar-refractivity contribution is 0.533. The van der Waals surface area contributed by atoms with Crippen LogP contribution in [0.5, 0.6) is 0 Å². The molecule has 0 spiro atoms. The molecule has 1 heterocycles. The predicted octanol–water partition coefficient (Wildman–Crippen LogP) is 5.16. The molecule has 1 unspecified atom stereocenters. The van der Waals surface area contributed by atoms with Gasteiger partial charge < -0.3 is 0 Å². The van der Waals surface area contributed by atoms with E-state index in [4.69, 9.17) is 0 Å². The van der Waals surface area contributed by atoms with Crippen LogP contribution >= 0.6 is 0 Å². The number of aryl methyl sites for hydroxylation is 2. The van der Waals surface area contributed by atoms with Crippen LogP contribution in [0.15, 0.2) is 12.3 Å². The standard InChI is InChI=1S/C16H27N/c1-5-7-8-9-10-15(6-2)16-11-13(3)14(4)12-17-16/h11-12,15H,5-10H2,1-4H3. The van der Waals surface area contributed by atoms with E-state index in [2.05, 4.69) is 38.7 Å². The molecule has 0 aliphatic carbocycles. The molecule has 0 aliphatic rings. The van der Waals surface area contributed by atoms with Gasteiger partial charge in [-0.25, -0.2) is 0 Å². The number of aromatic nitrogens is 1. The lowest BCUT2D eigenvalue weighted by atomic mass is 9.93. The van der Waals surface area contributed by atoms with Crippen molar-refractivity contribution in [2.24, 2.45) is 0 Å². The zero-order valence-electron chi connectivity index (χ0n) is 11.9. The Bertz CT molecular complexity index is 330. The van der Waals surface area contributed by atoms with Crippen molar-refractivity contribution in [3.05, 3.63) is 29.1 Å². The van der Waals surface area contributed by atoms with Crippen LogP contribution in [-0.4, -0.2) is 4.98 Å². The number of hydrogen-bond donors (Lipinski definition) is 0. The molecule has 0 fully saturated rings. The summed E-state index contributed by atoms with van der Waals surface area (Å²) < 4.78 is 0. The van der Waals surface area contributed by atoms with Crippen LogP contribution in [0.4, 0.5) is 0 Å². The molecular weight excluding hydrogens is 206 g/mol. The van der Waals surface area contributed by atoms with Crippen molar-refractivity contribution in [3.63, 3.8) is 0 Å². The zero-order valence-corrected chi connectivity index (χ0v) is 11.9. The first-order chi connectivity index (χ1) is 8.19. The number of nitrogens with zero attached hydrogens (tertiary/aromatic N) is 1. The SMILES string of the molecule is CCCCCCC(CC)c1cc(C)c(C)cn1. The molecular formula is C16H27N. The van der Waals surface area contributed by atoms with Crippen molar-refractivity contribution < 1.29 is 0 Å². The minimum Gasteiger partial charge on any atom is -0.261 e. The van der Waals surface area contributed by atoms with Gasteiger partial charge in [-0.3, -0.25) is 4.98 Å². The minimum absolute atomic E-state index is 0.658. The largest absolute Gasteiger partial charge is 0.261 e. The fraction of sp³-hybridized carbons (Fsp3) is 0.688. The average Bonchev–Trinajstić information content (AvgIpc) is 2.33. The fourth-order valence-corrected chi connectivity index (χ4v) is 2.25. The van der Waals surface area contributed by atoms with Crippen LogP contribution in [0.2, 0.25) is 0 Å². The van der Waals surface area contributed by atoms with Crippen LogP contribution in [0.3, 0.4) is 0 Å². The van der Waals surface area contributed by atoms with E-state index >= 15 is 0 Å². The molecule has 0 saturated heterocycles. The fourth-order valence-electron chi connectivity index (χ4n) is 2.25. The summed E-state index contributed by atoms with van der Waals surface area (Å²) in [6.07, 6.45) is 9.95. The van der Waals surface area contributed by atoms with Gasteiger partial charge in [0.25, 0.3) is 0 Å². The summed E-state index contributed by atoms with van der Waals surface area (Å²) in [6.45, 7) is 8.86. The van der Waals surface area contributed by atoms with Crippen molar-refractivity contribution in [3.8, 4) is 0 Å². The molecule has 1 nitrogen and oxygen atoms in total. The van der Waals surface area contributed by atoms with Crippen LogP contribution < -0.4 is 0 Å².